The van der Waals surface area contributed by atoms with E-state index in [1.807, 2.05) is 31.2 Å². The van der Waals surface area contributed by atoms with Crippen LogP contribution in [0.3, 0.4) is 0 Å². The Hall–Kier alpha value is -3.18. The normalized spacial score (nSPS) is 36.0. The van der Waals surface area contributed by atoms with Gasteiger partial charge in [0.25, 0.3) is 0 Å². The van der Waals surface area contributed by atoms with Crippen LogP contribution in [0.25, 0.3) is 0 Å². The minimum absolute atomic E-state index is 0.0384. The first-order valence-corrected chi connectivity index (χ1v) is 10.9. The molecule has 1 saturated carbocycles. The number of halogens is 1. The van der Waals surface area contributed by atoms with Gasteiger partial charge in [-0.15, -0.1) is 0 Å². The first-order valence-electron chi connectivity index (χ1n) is 10.5. The molecule has 2 aromatic rings. The lowest BCUT2D eigenvalue weighted by Crippen LogP contribution is -2.55. The van der Waals surface area contributed by atoms with Crippen molar-refractivity contribution in [1.29, 1.82) is 5.26 Å². The van der Waals surface area contributed by atoms with E-state index < -0.39 is 40.5 Å². The van der Waals surface area contributed by atoms with Crippen LogP contribution >= 0.6 is 11.6 Å². The van der Waals surface area contributed by atoms with Gasteiger partial charge in [-0.05, 0) is 29.5 Å². The molecule has 1 unspecified atom stereocenters. The maximum absolute atomic E-state index is 12.6. The van der Waals surface area contributed by atoms with Gasteiger partial charge in [-0.3, -0.25) is 9.78 Å². The van der Waals surface area contributed by atoms with Gasteiger partial charge in [0.15, 0.2) is 11.2 Å². The van der Waals surface area contributed by atoms with Crippen LogP contribution in [0.2, 0.25) is 5.02 Å². The van der Waals surface area contributed by atoms with Crippen molar-refractivity contribution in [1.82, 2.24) is 4.98 Å². The maximum Gasteiger partial charge on any atom is 0.309 e. The summed E-state index contributed by atoms with van der Waals surface area (Å²) in [6, 6.07) is 9.98. The molecule has 6 atom stereocenters. The van der Waals surface area contributed by atoms with Crippen molar-refractivity contribution in [3.05, 3.63) is 82.7 Å². The van der Waals surface area contributed by atoms with Gasteiger partial charge in [0.05, 0.1) is 22.6 Å². The predicted octanol–water partition coefficient (Wildman–Crippen LogP) is 3.30. The van der Waals surface area contributed by atoms with E-state index in [4.69, 9.17) is 16.3 Å². The summed E-state index contributed by atoms with van der Waals surface area (Å²) in [5, 5.41) is 43.5. The molecule has 8 heteroatoms. The number of aliphatic carboxylic acids is 1. The molecular formula is C25H21ClN2O5. The molecule has 168 valence electrons. The summed E-state index contributed by atoms with van der Waals surface area (Å²) in [5.41, 5.74) is -3.79. The second-order valence-corrected chi connectivity index (χ2v) is 9.51. The van der Waals surface area contributed by atoms with Crippen LogP contribution in [0.5, 0.6) is 5.75 Å². The van der Waals surface area contributed by atoms with Crippen molar-refractivity contribution in [2.75, 3.05) is 0 Å². The van der Waals surface area contributed by atoms with Crippen LogP contribution in [-0.2, 0) is 16.0 Å². The molecule has 5 rings (SSSR count). The third-order valence-corrected chi connectivity index (χ3v) is 7.51. The molecule has 0 saturated heterocycles. The van der Waals surface area contributed by atoms with E-state index >= 15 is 0 Å². The Labute approximate surface area is 195 Å². The van der Waals surface area contributed by atoms with Gasteiger partial charge in [-0.2, -0.15) is 5.26 Å². The second kappa shape index (κ2) is 7.16. The zero-order chi connectivity index (χ0) is 23.6. The number of nitriles is 1. The largest absolute Gasteiger partial charge is 0.481 e. The summed E-state index contributed by atoms with van der Waals surface area (Å²) in [7, 11) is 0. The van der Waals surface area contributed by atoms with Gasteiger partial charge in [0.2, 0.25) is 0 Å². The Morgan fingerprint density at radius 3 is 2.64 bits per heavy atom. The van der Waals surface area contributed by atoms with E-state index in [0.29, 0.717) is 17.5 Å². The first kappa shape index (κ1) is 21.7. The molecule has 0 spiro atoms. The number of carboxylic acid groups (broad SMARTS) is 1. The zero-order valence-corrected chi connectivity index (χ0v) is 18.4. The van der Waals surface area contributed by atoms with Crippen molar-refractivity contribution in [3.63, 3.8) is 0 Å². The standard InChI is InChI=1S/C25H21ClN2O5/c1-23(9-3-2-4-10-23)19-18(22(30)31)21(29)24(32)20-17(11-16(26)13-28-20)33-25(19,24)15-7-5-14(12-27)6-8-15/h2-9,11,13,18-19,21,29,32H,10H2,1H3,(H,30,31)/t18-,19+,21-,23?,24+,25+/m1/s1. The number of aromatic nitrogens is 1. The smallest absolute Gasteiger partial charge is 0.309 e. The highest BCUT2D eigenvalue weighted by atomic mass is 35.5. The highest BCUT2D eigenvalue weighted by molar-refractivity contribution is 6.30. The van der Waals surface area contributed by atoms with Crippen molar-refractivity contribution >= 4 is 17.6 Å². The first-order chi connectivity index (χ1) is 15.7. The number of aliphatic hydroxyl groups is 2. The van der Waals surface area contributed by atoms with Crippen molar-refractivity contribution < 1.29 is 24.9 Å². The summed E-state index contributed by atoms with van der Waals surface area (Å²) in [6.07, 6.45) is 7.60. The fourth-order valence-corrected chi connectivity index (χ4v) is 6.09. The number of carboxylic acids is 1. The molecular weight excluding hydrogens is 444 g/mol. The van der Waals surface area contributed by atoms with Gasteiger partial charge < -0.3 is 20.1 Å². The summed E-state index contributed by atoms with van der Waals surface area (Å²) in [6.45, 7) is 1.89. The molecule has 3 aliphatic rings. The van der Waals surface area contributed by atoms with E-state index in [1.54, 1.807) is 24.3 Å². The number of allylic oxidation sites excluding steroid dienone is 4. The Kier molecular flexibility index (Phi) is 4.70. The van der Waals surface area contributed by atoms with Crippen LogP contribution in [0.15, 0.2) is 60.8 Å². The van der Waals surface area contributed by atoms with Crippen LogP contribution in [0, 0.1) is 28.6 Å². The molecule has 2 aliphatic carbocycles. The Balaban J connectivity index is 1.85. The van der Waals surface area contributed by atoms with Gasteiger partial charge in [-0.25, -0.2) is 0 Å². The van der Waals surface area contributed by atoms with Gasteiger partial charge in [0.1, 0.15) is 17.5 Å². The lowest BCUT2D eigenvalue weighted by Gasteiger charge is -2.47. The molecule has 0 amide bonds. The van der Waals surface area contributed by atoms with E-state index in [-0.39, 0.29) is 16.5 Å². The average molecular weight is 465 g/mol. The van der Waals surface area contributed by atoms with Crippen LogP contribution in [-0.4, -0.2) is 32.4 Å². The van der Waals surface area contributed by atoms with E-state index in [0.717, 1.165) is 0 Å². The Morgan fingerprint density at radius 1 is 1.30 bits per heavy atom. The van der Waals surface area contributed by atoms with Gasteiger partial charge in [0, 0.05) is 18.2 Å². The lowest BCUT2D eigenvalue weighted by atomic mass is 9.60. The maximum atomic E-state index is 12.6. The zero-order valence-electron chi connectivity index (χ0n) is 17.6. The highest BCUT2D eigenvalue weighted by Crippen LogP contribution is 2.69. The predicted molar refractivity (Wildman–Crippen MR) is 118 cm³/mol. The van der Waals surface area contributed by atoms with Gasteiger partial charge in [-0.1, -0.05) is 55.0 Å². The molecule has 33 heavy (non-hydrogen) atoms. The van der Waals surface area contributed by atoms with Crippen molar-refractivity contribution in [2.45, 2.75) is 30.7 Å². The Morgan fingerprint density at radius 2 is 2.03 bits per heavy atom. The molecule has 7 nitrogen and oxygen atoms in total. The highest BCUT2D eigenvalue weighted by Gasteiger charge is 2.80. The molecule has 2 heterocycles. The molecule has 0 radical (unpaired) electrons. The molecule has 3 N–H and O–H groups in total. The number of hydrogen-bond acceptors (Lipinski definition) is 6. The molecule has 1 aliphatic heterocycles. The number of ether oxygens (including phenoxy) is 1. The number of carbonyl (C=O) groups is 1. The van der Waals surface area contributed by atoms with Crippen LogP contribution in [0.4, 0.5) is 0 Å². The second-order valence-electron chi connectivity index (χ2n) is 9.08. The fraction of sp³-hybridized carbons (Fsp3) is 0.320. The molecule has 0 bridgehead atoms. The quantitative estimate of drug-likeness (QED) is 0.636. The fourth-order valence-electron chi connectivity index (χ4n) is 5.94. The van der Waals surface area contributed by atoms with Crippen LogP contribution < -0.4 is 4.74 Å². The molecule has 1 aromatic carbocycles. The number of nitrogens with zero attached hydrogens (tertiary/aromatic N) is 2. The minimum Gasteiger partial charge on any atom is -0.481 e. The van der Waals surface area contributed by atoms with E-state index in [9.17, 15) is 25.4 Å². The molecule has 1 aromatic heterocycles. The molecule has 1 fully saturated rings. The number of benzene rings is 1. The summed E-state index contributed by atoms with van der Waals surface area (Å²) < 4.78 is 6.48. The summed E-state index contributed by atoms with van der Waals surface area (Å²) in [5.74, 6) is -3.32. The summed E-state index contributed by atoms with van der Waals surface area (Å²) >= 11 is 6.15. The van der Waals surface area contributed by atoms with Gasteiger partial charge >= 0.3 is 5.97 Å². The number of aliphatic hydroxyl groups excluding tert-OH is 1. The number of hydrogen-bond donors (Lipinski definition) is 3. The number of fused-ring (bicyclic) bond motifs is 3. The average Bonchev–Trinajstić information content (AvgIpc) is 3.17. The van der Waals surface area contributed by atoms with Crippen LogP contribution in [0.1, 0.15) is 30.2 Å². The lowest BCUT2D eigenvalue weighted by molar-refractivity contribution is -0.167. The summed E-state index contributed by atoms with van der Waals surface area (Å²) in [4.78, 5) is 16.8. The minimum atomic E-state index is -2.17. The van der Waals surface area contributed by atoms with E-state index in [1.165, 1.54) is 12.3 Å². The topological polar surface area (TPSA) is 124 Å². The third-order valence-electron chi connectivity index (χ3n) is 7.30. The van der Waals surface area contributed by atoms with Crippen molar-refractivity contribution in [2.24, 2.45) is 17.3 Å². The Bertz CT molecular complexity index is 1250. The number of rotatable bonds is 3. The SMILES string of the molecule is CC1([C@@H]2[C@@H](C(=O)O)[C@@H](O)[C@@]3(O)c4ncc(Cl)cc4O[C@@]23c2ccc(C#N)cc2)C=CC=CC1. The monoisotopic (exact) mass is 464 g/mol. The van der Waals surface area contributed by atoms with E-state index in [2.05, 4.69) is 11.1 Å². The number of pyridine rings is 1. The third kappa shape index (κ3) is 2.69. The van der Waals surface area contributed by atoms with Crippen molar-refractivity contribution in [3.8, 4) is 11.8 Å².